The van der Waals surface area contributed by atoms with E-state index in [1.54, 1.807) is 18.3 Å². The van der Waals surface area contributed by atoms with Crippen molar-refractivity contribution in [1.29, 1.82) is 0 Å². The normalized spacial score (nSPS) is 16.3. The van der Waals surface area contributed by atoms with Crippen LogP contribution in [-0.4, -0.2) is 59.6 Å². The summed E-state index contributed by atoms with van der Waals surface area (Å²) < 4.78 is 11.3. The van der Waals surface area contributed by atoms with E-state index in [2.05, 4.69) is 4.98 Å². The van der Waals surface area contributed by atoms with Crippen LogP contribution in [0.2, 0.25) is 0 Å². The number of aromatic nitrogens is 1. The van der Waals surface area contributed by atoms with Crippen molar-refractivity contribution in [2.45, 2.75) is 38.6 Å². The minimum atomic E-state index is -0.130. The number of ether oxygens (including phenoxy) is 2. The zero-order chi connectivity index (χ0) is 21.3. The van der Waals surface area contributed by atoms with Gasteiger partial charge in [-0.05, 0) is 56.4 Å². The molecule has 1 aliphatic heterocycles. The number of phenols is 1. The Morgan fingerprint density at radius 2 is 2.17 bits per heavy atom. The van der Waals surface area contributed by atoms with Gasteiger partial charge < -0.3 is 19.5 Å². The van der Waals surface area contributed by atoms with Gasteiger partial charge in [-0.3, -0.25) is 14.6 Å². The number of rotatable bonds is 9. The number of benzene rings is 1. The van der Waals surface area contributed by atoms with Crippen LogP contribution in [0.25, 0.3) is 0 Å². The summed E-state index contributed by atoms with van der Waals surface area (Å²) >= 11 is 0. The van der Waals surface area contributed by atoms with Crippen LogP contribution in [-0.2, 0) is 11.2 Å². The molecule has 1 saturated heterocycles. The van der Waals surface area contributed by atoms with Crippen molar-refractivity contribution in [3.05, 3.63) is 53.3 Å². The van der Waals surface area contributed by atoms with Crippen molar-refractivity contribution < 1.29 is 24.2 Å². The largest absolute Gasteiger partial charge is 0.507 e. The average Bonchev–Trinajstić information content (AvgIpc) is 2.78. The van der Waals surface area contributed by atoms with E-state index in [-0.39, 0.29) is 29.9 Å². The van der Waals surface area contributed by atoms with E-state index in [4.69, 9.17) is 9.47 Å². The van der Waals surface area contributed by atoms with E-state index in [9.17, 15) is 14.7 Å². The standard InChI is InChI=1S/C23H28N2O5/c1-2-29-14-11-17-7-6-12-24-22(17)23(28)25-13-4-3-8-18(25)16-30-21-10-5-9-20(27)19(21)15-26/h5-7,9-10,12,15,18,27H,2-4,8,11,13-14,16H2,1H3/t18-/m0/s1. The number of hydrogen-bond acceptors (Lipinski definition) is 6. The number of nitrogens with zero attached hydrogens (tertiary/aromatic N) is 2. The molecule has 1 amide bonds. The number of pyridine rings is 1. The molecule has 2 aromatic rings. The number of carbonyl (C=O) groups is 2. The van der Waals surface area contributed by atoms with Crippen molar-refractivity contribution >= 4 is 12.2 Å². The van der Waals surface area contributed by atoms with Crippen LogP contribution in [0.4, 0.5) is 0 Å². The fourth-order valence-corrected chi connectivity index (χ4v) is 3.70. The van der Waals surface area contributed by atoms with Gasteiger partial charge >= 0.3 is 0 Å². The van der Waals surface area contributed by atoms with Gasteiger partial charge in [-0.15, -0.1) is 0 Å². The molecule has 0 saturated carbocycles. The number of aromatic hydroxyl groups is 1. The molecule has 2 heterocycles. The van der Waals surface area contributed by atoms with E-state index in [1.807, 2.05) is 24.0 Å². The van der Waals surface area contributed by atoms with E-state index in [0.29, 0.717) is 43.9 Å². The second-order valence-corrected chi connectivity index (χ2v) is 7.22. The average molecular weight is 412 g/mol. The molecule has 7 nitrogen and oxygen atoms in total. The highest BCUT2D eigenvalue weighted by atomic mass is 16.5. The highest BCUT2D eigenvalue weighted by Crippen LogP contribution is 2.27. The van der Waals surface area contributed by atoms with Crippen molar-refractivity contribution in [1.82, 2.24) is 9.88 Å². The lowest BCUT2D eigenvalue weighted by atomic mass is 10.0. The van der Waals surface area contributed by atoms with Crippen molar-refractivity contribution in [3.8, 4) is 11.5 Å². The molecule has 1 aromatic heterocycles. The van der Waals surface area contributed by atoms with Gasteiger partial charge in [0.25, 0.3) is 5.91 Å². The summed E-state index contributed by atoms with van der Waals surface area (Å²) in [5.41, 5.74) is 1.45. The maximum Gasteiger partial charge on any atom is 0.273 e. The number of piperidine rings is 1. The van der Waals surface area contributed by atoms with Gasteiger partial charge in [0.2, 0.25) is 0 Å². The molecule has 0 unspecified atom stereocenters. The minimum Gasteiger partial charge on any atom is -0.507 e. The van der Waals surface area contributed by atoms with Crippen molar-refractivity contribution in [3.63, 3.8) is 0 Å². The van der Waals surface area contributed by atoms with Crippen LogP contribution in [0.5, 0.6) is 11.5 Å². The van der Waals surface area contributed by atoms with Crippen LogP contribution in [0, 0.1) is 0 Å². The predicted octanol–water partition coefficient (Wildman–Crippen LogP) is 3.25. The number of carbonyl (C=O) groups excluding carboxylic acids is 2. The van der Waals surface area contributed by atoms with E-state index >= 15 is 0 Å². The molecule has 0 spiro atoms. The molecule has 0 aliphatic carbocycles. The van der Waals surface area contributed by atoms with Crippen molar-refractivity contribution in [2.24, 2.45) is 0 Å². The number of hydrogen-bond donors (Lipinski definition) is 1. The first-order valence-electron chi connectivity index (χ1n) is 10.4. The second kappa shape index (κ2) is 10.7. The Hall–Kier alpha value is -2.93. The molecule has 1 atom stereocenters. The minimum absolute atomic E-state index is 0.109. The van der Waals surface area contributed by atoms with Gasteiger partial charge in [0.15, 0.2) is 6.29 Å². The third-order valence-electron chi connectivity index (χ3n) is 5.29. The Morgan fingerprint density at radius 3 is 2.97 bits per heavy atom. The molecule has 0 radical (unpaired) electrons. The van der Waals surface area contributed by atoms with Crippen LogP contribution in [0.1, 0.15) is 52.6 Å². The molecular weight excluding hydrogens is 384 g/mol. The molecular formula is C23H28N2O5. The molecule has 1 aromatic carbocycles. The SMILES string of the molecule is CCOCCc1cccnc1C(=O)N1CCCC[C@H]1COc1cccc(O)c1C=O. The Balaban J connectivity index is 1.74. The second-order valence-electron chi connectivity index (χ2n) is 7.22. The molecule has 30 heavy (non-hydrogen) atoms. The molecule has 7 heteroatoms. The maximum atomic E-state index is 13.3. The zero-order valence-electron chi connectivity index (χ0n) is 17.3. The van der Waals surface area contributed by atoms with Gasteiger partial charge in [-0.2, -0.15) is 0 Å². The fraction of sp³-hybridized carbons (Fsp3) is 0.435. The Labute approximate surface area is 176 Å². The van der Waals surface area contributed by atoms with Crippen molar-refractivity contribution in [2.75, 3.05) is 26.4 Å². The molecule has 1 N–H and O–H groups in total. The summed E-state index contributed by atoms with van der Waals surface area (Å²) in [6, 6.07) is 8.33. The number of amides is 1. The van der Waals surface area contributed by atoms with E-state index < -0.39 is 0 Å². The van der Waals surface area contributed by atoms with Crippen LogP contribution in [0.15, 0.2) is 36.5 Å². The maximum absolute atomic E-state index is 13.3. The first-order chi connectivity index (χ1) is 14.7. The summed E-state index contributed by atoms with van der Waals surface area (Å²) in [4.78, 5) is 30.8. The Morgan fingerprint density at radius 1 is 1.30 bits per heavy atom. The molecule has 3 rings (SSSR count). The van der Waals surface area contributed by atoms with Gasteiger partial charge in [0.05, 0.1) is 18.2 Å². The number of phenolic OH excluding ortho intramolecular Hbond substituents is 1. The lowest BCUT2D eigenvalue weighted by Crippen LogP contribution is -2.47. The number of likely N-dealkylation sites (tertiary alicyclic amines) is 1. The first kappa shape index (κ1) is 21.8. The molecule has 160 valence electrons. The first-order valence-corrected chi connectivity index (χ1v) is 10.4. The lowest BCUT2D eigenvalue weighted by Gasteiger charge is -2.35. The van der Waals surface area contributed by atoms with Gasteiger partial charge in [0.1, 0.15) is 23.8 Å². The Bertz CT molecular complexity index is 870. The summed E-state index contributed by atoms with van der Waals surface area (Å²) in [6.45, 7) is 4.00. The van der Waals surface area contributed by atoms with Gasteiger partial charge in [0, 0.05) is 19.3 Å². The fourth-order valence-electron chi connectivity index (χ4n) is 3.70. The Kier molecular flexibility index (Phi) is 7.79. The highest BCUT2D eigenvalue weighted by Gasteiger charge is 2.30. The van der Waals surface area contributed by atoms with Gasteiger partial charge in [-0.1, -0.05) is 12.1 Å². The van der Waals surface area contributed by atoms with Crippen LogP contribution < -0.4 is 4.74 Å². The topological polar surface area (TPSA) is 89.0 Å². The third-order valence-corrected chi connectivity index (χ3v) is 5.29. The predicted molar refractivity (Wildman–Crippen MR) is 112 cm³/mol. The van der Waals surface area contributed by atoms with E-state index in [1.165, 1.54) is 6.07 Å². The molecule has 1 fully saturated rings. The van der Waals surface area contributed by atoms with Crippen LogP contribution >= 0.6 is 0 Å². The summed E-state index contributed by atoms with van der Waals surface area (Å²) in [6.07, 6.45) is 5.57. The monoisotopic (exact) mass is 412 g/mol. The summed E-state index contributed by atoms with van der Waals surface area (Å²) in [5.74, 6) is 0.0895. The summed E-state index contributed by atoms with van der Waals surface area (Å²) in [5, 5.41) is 9.84. The molecule has 1 aliphatic rings. The smallest absolute Gasteiger partial charge is 0.273 e. The lowest BCUT2D eigenvalue weighted by molar-refractivity contribution is 0.0519. The quantitative estimate of drug-likeness (QED) is 0.502. The summed E-state index contributed by atoms with van der Waals surface area (Å²) in [7, 11) is 0. The highest BCUT2D eigenvalue weighted by molar-refractivity contribution is 5.94. The van der Waals surface area contributed by atoms with Gasteiger partial charge in [-0.25, -0.2) is 0 Å². The van der Waals surface area contributed by atoms with E-state index in [0.717, 1.165) is 24.8 Å². The zero-order valence-corrected chi connectivity index (χ0v) is 17.3. The number of aldehydes is 1. The third kappa shape index (κ3) is 5.16. The molecule has 0 bridgehead atoms. The van der Waals surface area contributed by atoms with Crippen LogP contribution in [0.3, 0.4) is 0 Å².